The van der Waals surface area contributed by atoms with Gasteiger partial charge in [0.2, 0.25) is 11.8 Å². The van der Waals surface area contributed by atoms with Gasteiger partial charge in [-0.3, -0.25) is 34.1 Å². The van der Waals surface area contributed by atoms with E-state index in [0.717, 1.165) is 4.90 Å². The molecule has 0 spiro atoms. The summed E-state index contributed by atoms with van der Waals surface area (Å²) in [5.74, 6) is -2.13. The van der Waals surface area contributed by atoms with Crippen molar-refractivity contribution in [1.29, 1.82) is 0 Å². The van der Waals surface area contributed by atoms with Crippen LogP contribution >= 0.6 is 0 Å². The van der Waals surface area contributed by atoms with Crippen LogP contribution in [-0.4, -0.2) is 49.6 Å². The lowest BCUT2D eigenvalue weighted by Crippen LogP contribution is -2.54. The van der Waals surface area contributed by atoms with Crippen molar-refractivity contribution in [2.75, 3.05) is 5.32 Å². The molecule has 0 aliphatic carbocycles. The fourth-order valence-corrected chi connectivity index (χ4v) is 3.76. The molecule has 0 radical (unpaired) electrons. The summed E-state index contributed by atoms with van der Waals surface area (Å²) in [5, 5.41) is 13.7. The number of amides is 4. The van der Waals surface area contributed by atoms with Gasteiger partial charge < -0.3 is 5.32 Å². The molecule has 10 heteroatoms. The highest BCUT2D eigenvalue weighted by atomic mass is 16.2. The van der Waals surface area contributed by atoms with Crippen molar-refractivity contribution in [3.63, 3.8) is 0 Å². The van der Waals surface area contributed by atoms with Crippen LogP contribution < -0.4 is 10.6 Å². The zero-order chi connectivity index (χ0) is 21.6. The highest BCUT2D eigenvalue weighted by Gasteiger charge is 2.46. The first-order chi connectivity index (χ1) is 14.2. The SMILES string of the molecule is CCn1cc(C(C)(C)Nc2cccc3c2C(=O)N(C2CCC(=O)NC2=O)C3=O)nn1. The number of fused-ring (bicyclic) bond motifs is 1. The predicted octanol–water partition coefficient (Wildman–Crippen LogP) is 1.05. The third-order valence-corrected chi connectivity index (χ3v) is 5.42. The Morgan fingerprint density at radius 3 is 2.63 bits per heavy atom. The number of nitrogens with zero attached hydrogens (tertiary/aromatic N) is 4. The molecular formula is C20H22N6O4. The van der Waals surface area contributed by atoms with Crippen molar-refractivity contribution in [1.82, 2.24) is 25.2 Å². The fraction of sp³-hybridized carbons (Fsp3) is 0.400. The van der Waals surface area contributed by atoms with Crippen molar-refractivity contribution in [2.24, 2.45) is 0 Å². The summed E-state index contributed by atoms with van der Waals surface area (Å²) in [5.41, 5.74) is 0.914. The lowest BCUT2D eigenvalue weighted by atomic mass is 9.99. The number of nitrogens with one attached hydrogen (secondary N) is 2. The summed E-state index contributed by atoms with van der Waals surface area (Å²) < 4.78 is 1.70. The molecule has 1 aromatic carbocycles. The molecule has 2 aliphatic heterocycles. The summed E-state index contributed by atoms with van der Waals surface area (Å²) in [4.78, 5) is 50.8. The molecule has 0 saturated carbocycles. The summed E-state index contributed by atoms with van der Waals surface area (Å²) in [6.07, 6.45) is 2.01. The molecular weight excluding hydrogens is 388 g/mol. The van der Waals surface area contributed by atoms with Crippen molar-refractivity contribution < 1.29 is 19.2 Å². The molecule has 1 unspecified atom stereocenters. The van der Waals surface area contributed by atoms with Crippen LogP contribution in [0.1, 0.15) is 60.0 Å². The quantitative estimate of drug-likeness (QED) is 0.706. The van der Waals surface area contributed by atoms with Gasteiger partial charge in [-0.2, -0.15) is 0 Å². The van der Waals surface area contributed by atoms with E-state index in [4.69, 9.17) is 0 Å². The first kappa shape index (κ1) is 19.7. The Morgan fingerprint density at radius 1 is 1.20 bits per heavy atom. The first-order valence-electron chi connectivity index (χ1n) is 9.76. The van der Waals surface area contributed by atoms with E-state index in [2.05, 4.69) is 20.9 Å². The lowest BCUT2D eigenvalue weighted by Gasteiger charge is -2.28. The molecule has 2 N–H and O–H groups in total. The van der Waals surface area contributed by atoms with Crippen LogP contribution in [0.3, 0.4) is 0 Å². The standard InChI is InChI=1S/C20H22N6O4/c1-4-25-10-14(23-24-25)20(2,3)22-12-7-5-6-11-16(12)19(30)26(18(11)29)13-8-9-15(27)21-17(13)28/h5-7,10,13,22H,4,8-9H2,1-3H3,(H,21,27,28). The summed E-state index contributed by atoms with van der Waals surface area (Å²) in [7, 11) is 0. The molecule has 0 bridgehead atoms. The lowest BCUT2D eigenvalue weighted by molar-refractivity contribution is -0.136. The van der Waals surface area contributed by atoms with Gasteiger partial charge in [-0.25, -0.2) is 0 Å². The zero-order valence-corrected chi connectivity index (χ0v) is 16.9. The van der Waals surface area contributed by atoms with Crippen LogP contribution in [-0.2, 0) is 21.7 Å². The number of piperidine rings is 1. The van der Waals surface area contributed by atoms with Gasteiger partial charge in [-0.1, -0.05) is 11.3 Å². The fourth-order valence-electron chi connectivity index (χ4n) is 3.76. The van der Waals surface area contributed by atoms with E-state index in [-0.39, 0.29) is 24.0 Å². The average Bonchev–Trinajstić information content (AvgIpc) is 3.27. The Hall–Kier alpha value is -3.56. The van der Waals surface area contributed by atoms with Gasteiger partial charge in [0.15, 0.2) is 0 Å². The molecule has 2 aliphatic rings. The molecule has 30 heavy (non-hydrogen) atoms. The van der Waals surface area contributed by atoms with E-state index in [0.29, 0.717) is 17.9 Å². The topological polar surface area (TPSA) is 126 Å². The molecule has 1 aromatic heterocycles. The normalized spacial score (nSPS) is 19.2. The number of carbonyl (C=O) groups excluding carboxylic acids is 4. The predicted molar refractivity (Wildman–Crippen MR) is 105 cm³/mol. The van der Waals surface area contributed by atoms with Gasteiger partial charge in [0.25, 0.3) is 11.8 Å². The van der Waals surface area contributed by atoms with Crippen LogP contribution in [0.5, 0.6) is 0 Å². The number of rotatable bonds is 5. The second kappa shape index (κ2) is 7.05. The minimum atomic E-state index is -1.000. The number of hydrogen-bond donors (Lipinski definition) is 2. The number of aryl methyl sites for hydroxylation is 1. The minimum absolute atomic E-state index is 0.0784. The van der Waals surface area contributed by atoms with Gasteiger partial charge in [-0.15, -0.1) is 5.10 Å². The van der Waals surface area contributed by atoms with Gasteiger partial charge in [-0.05, 0) is 39.3 Å². The maximum Gasteiger partial charge on any atom is 0.264 e. The maximum absolute atomic E-state index is 13.2. The average molecular weight is 410 g/mol. The minimum Gasteiger partial charge on any atom is -0.374 e. The number of anilines is 1. The molecule has 4 amide bonds. The number of imide groups is 2. The van der Waals surface area contributed by atoms with Crippen LogP contribution in [0.2, 0.25) is 0 Å². The Labute approximate surface area is 172 Å². The number of carbonyl (C=O) groups is 4. The van der Waals surface area contributed by atoms with E-state index in [1.165, 1.54) is 0 Å². The summed E-state index contributed by atoms with van der Waals surface area (Å²) in [6.45, 7) is 6.43. The molecule has 10 nitrogen and oxygen atoms in total. The Balaban J connectivity index is 1.66. The van der Waals surface area contributed by atoms with E-state index >= 15 is 0 Å². The number of hydrogen-bond acceptors (Lipinski definition) is 7. The van der Waals surface area contributed by atoms with E-state index < -0.39 is 35.2 Å². The number of benzene rings is 1. The molecule has 3 heterocycles. The van der Waals surface area contributed by atoms with Gasteiger partial charge in [0, 0.05) is 18.7 Å². The molecule has 4 rings (SSSR count). The molecule has 1 fully saturated rings. The highest BCUT2D eigenvalue weighted by molar-refractivity contribution is 6.25. The van der Waals surface area contributed by atoms with E-state index in [1.807, 2.05) is 27.0 Å². The zero-order valence-electron chi connectivity index (χ0n) is 16.9. The van der Waals surface area contributed by atoms with Crippen molar-refractivity contribution in [2.45, 2.75) is 51.7 Å². The van der Waals surface area contributed by atoms with E-state index in [1.54, 1.807) is 22.9 Å². The van der Waals surface area contributed by atoms with Crippen LogP contribution in [0.25, 0.3) is 0 Å². The van der Waals surface area contributed by atoms with Crippen molar-refractivity contribution in [3.8, 4) is 0 Å². The first-order valence-corrected chi connectivity index (χ1v) is 9.76. The summed E-state index contributed by atoms with van der Waals surface area (Å²) >= 11 is 0. The molecule has 1 atom stereocenters. The van der Waals surface area contributed by atoms with Gasteiger partial charge in [0.05, 0.1) is 22.9 Å². The van der Waals surface area contributed by atoms with Crippen LogP contribution in [0.4, 0.5) is 5.69 Å². The largest absolute Gasteiger partial charge is 0.374 e. The smallest absolute Gasteiger partial charge is 0.264 e. The monoisotopic (exact) mass is 410 g/mol. The van der Waals surface area contributed by atoms with Gasteiger partial charge >= 0.3 is 0 Å². The third-order valence-electron chi connectivity index (χ3n) is 5.42. The van der Waals surface area contributed by atoms with Crippen molar-refractivity contribution >= 4 is 29.3 Å². The molecule has 2 aromatic rings. The molecule has 1 saturated heterocycles. The Bertz CT molecular complexity index is 1070. The maximum atomic E-state index is 13.2. The van der Waals surface area contributed by atoms with E-state index in [9.17, 15) is 19.2 Å². The highest BCUT2D eigenvalue weighted by Crippen LogP contribution is 2.35. The summed E-state index contributed by atoms with van der Waals surface area (Å²) in [6, 6.07) is 3.96. The second-order valence-corrected chi connectivity index (χ2v) is 7.88. The molecule has 156 valence electrons. The Kier molecular flexibility index (Phi) is 4.64. The van der Waals surface area contributed by atoms with Crippen molar-refractivity contribution in [3.05, 3.63) is 41.2 Å². The van der Waals surface area contributed by atoms with Gasteiger partial charge in [0.1, 0.15) is 11.7 Å². The van der Waals surface area contributed by atoms with Crippen LogP contribution in [0, 0.1) is 0 Å². The third kappa shape index (κ3) is 3.14. The number of aromatic nitrogens is 3. The second-order valence-electron chi connectivity index (χ2n) is 7.88. The Morgan fingerprint density at radius 2 is 1.97 bits per heavy atom. The van der Waals surface area contributed by atoms with Crippen LogP contribution in [0.15, 0.2) is 24.4 Å².